The van der Waals surface area contributed by atoms with E-state index in [1.807, 2.05) is 19.9 Å². The summed E-state index contributed by atoms with van der Waals surface area (Å²) in [5.41, 5.74) is 15.3. The molecule has 0 fully saturated rings. The van der Waals surface area contributed by atoms with E-state index < -0.39 is 0 Å². The molecule has 0 aliphatic rings. The monoisotopic (exact) mass is 360 g/mol. The quantitative estimate of drug-likeness (QED) is 0.675. The zero-order valence-corrected chi connectivity index (χ0v) is 17.5. The van der Waals surface area contributed by atoms with Crippen LogP contribution in [0.25, 0.3) is 0 Å². The maximum Gasteiger partial charge on any atom is 0.123 e. The number of aryl methyl sites for hydroxylation is 2. The van der Waals surface area contributed by atoms with Gasteiger partial charge >= 0.3 is 0 Å². The van der Waals surface area contributed by atoms with Gasteiger partial charge in [0.25, 0.3) is 0 Å². The molecule has 4 nitrogen and oxygen atoms in total. The Morgan fingerprint density at radius 3 is 2.27 bits per heavy atom. The normalized spacial score (nSPS) is 17.1. The van der Waals surface area contributed by atoms with E-state index in [0.717, 1.165) is 42.1 Å². The minimum Gasteiger partial charge on any atom is -0.467 e. The van der Waals surface area contributed by atoms with Crippen LogP contribution in [0, 0.1) is 24.7 Å². The maximum absolute atomic E-state index is 6.63. The standard InChI is InChI=1S/C22H36N2O2/c1-8-22(7,20(24)19-14(2)9-10-25-19)12-16-11-18(26-15(16)3)17(23)13-21(4,5)6/h9-11,17,20H,8,12-13,23-24H2,1-7H3/t17?,20-,22?/m0/s1. The Labute approximate surface area is 158 Å². The van der Waals surface area contributed by atoms with E-state index in [1.54, 1.807) is 6.26 Å². The molecule has 0 radical (unpaired) electrons. The number of furan rings is 2. The van der Waals surface area contributed by atoms with E-state index in [9.17, 15) is 0 Å². The summed E-state index contributed by atoms with van der Waals surface area (Å²) in [6, 6.07) is 3.85. The highest BCUT2D eigenvalue weighted by Gasteiger charge is 2.35. The minimum absolute atomic E-state index is 0.0867. The van der Waals surface area contributed by atoms with E-state index in [1.165, 1.54) is 5.56 Å². The summed E-state index contributed by atoms with van der Waals surface area (Å²) in [5.74, 6) is 2.68. The second-order valence-electron chi connectivity index (χ2n) is 9.23. The molecule has 2 heterocycles. The summed E-state index contributed by atoms with van der Waals surface area (Å²) >= 11 is 0. The van der Waals surface area contributed by atoms with Gasteiger partial charge in [-0.05, 0) is 67.2 Å². The lowest BCUT2D eigenvalue weighted by Gasteiger charge is -2.34. The number of hydrogen-bond acceptors (Lipinski definition) is 4. The van der Waals surface area contributed by atoms with Gasteiger partial charge in [-0.1, -0.05) is 34.6 Å². The predicted octanol–water partition coefficient (Wildman–Crippen LogP) is 5.58. The van der Waals surface area contributed by atoms with Crippen LogP contribution in [0.2, 0.25) is 0 Å². The van der Waals surface area contributed by atoms with Crippen molar-refractivity contribution in [3.8, 4) is 0 Å². The Morgan fingerprint density at radius 2 is 1.77 bits per heavy atom. The average molecular weight is 361 g/mol. The smallest absolute Gasteiger partial charge is 0.123 e. The van der Waals surface area contributed by atoms with E-state index >= 15 is 0 Å². The highest BCUT2D eigenvalue weighted by atomic mass is 16.3. The molecule has 2 aromatic rings. The van der Waals surface area contributed by atoms with Gasteiger partial charge in [0.15, 0.2) is 0 Å². The second kappa shape index (κ2) is 7.61. The second-order valence-corrected chi connectivity index (χ2v) is 9.23. The zero-order valence-electron chi connectivity index (χ0n) is 17.5. The number of hydrogen-bond donors (Lipinski definition) is 2. The van der Waals surface area contributed by atoms with Gasteiger partial charge in [-0.25, -0.2) is 0 Å². The van der Waals surface area contributed by atoms with Crippen molar-refractivity contribution in [2.75, 3.05) is 0 Å². The molecule has 0 aliphatic heterocycles. The summed E-state index contributed by atoms with van der Waals surface area (Å²) < 4.78 is 11.7. The Bertz CT molecular complexity index is 723. The van der Waals surface area contributed by atoms with Crippen molar-refractivity contribution in [2.24, 2.45) is 22.3 Å². The lowest BCUT2D eigenvalue weighted by Crippen LogP contribution is -2.33. The van der Waals surface area contributed by atoms with Gasteiger partial charge in [-0.3, -0.25) is 0 Å². The molecule has 0 bridgehead atoms. The largest absolute Gasteiger partial charge is 0.467 e. The molecule has 2 aromatic heterocycles. The number of rotatable bonds is 7. The molecule has 26 heavy (non-hydrogen) atoms. The van der Waals surface area contributed by atoms with Crippen LogP contribution in [-0.2, 0) is 6.42 Å². The van der Waals surface area contributed by atoms with Crippen LogP contribution in [0.4, 0.5) is 0 Å². The molecule has 146 valence electrons. The molecule has 0 saturated heterocycles. The summed E-state index contributed by atoms with van der Waals surface area (Å²) in [7, 11) is 0. The Morgan fingerprint density at radius 1 is 1.12 bits per heavy atom. The van der Waals surface area contributed by atoms with Crippen LogP contribution in [0.5, 0.6) is 0 Å². The predicted molar refractivity (Wildman–Crippen MR) is 107 cm³/mol. The summed E-state index contributed by atoms with van der Waals surface area (Å²) in [6.45, 7) is 15.1. The first kappa shape index (κ1) is 20.8. The van der Waals surface area contributed by atoms with Crippen molar-refractivity contribution in [2.45, 2.75) is 79.8 Å². The van der Waals surface area contributed by atoms with Crippen molar-refractivity contribution >= 4 is 0 Å². The van der Waals surface area contributed by atoms with Gasteiger partial charge in [0.1, 0.15) is 17.3 Å². The molecule has 0 amide bonds. The van der Waals surface area contributed by atoms with Gasteiger partial charge in [0.05, 0.1) is 18.3 Å². The third-order valence-electron chi connectivity index (χ3n) is 5.57. The fraction of sp³-hybridized carbons (Fsp3) is 0.636. The maximum atomic E-state index is 6.63. The van der Waals surface area contributed by atoms with Gasteiger partial charge in [-0.15, -0.1) is 0 Å². The van der Waals surface area contributed by atoms with Crippen LogP contribution >= 0.6 is 0 Å². The fourth-order valence-electron chi connectivity index (χ4n) is 3.57. The third kappa shape index (κ3) is 4.60. The Balaban J connectivity index is 2.24. The first-order valence-electron chi connectivity index (χ1n) is 9.61. The van der Waals surface area contributed by atoms with E-state index in [4.69, 9.17) is 20.3 Å². The summed E-state index contributed by atoms with van der Waals surface area (Å²) in [6.07, 6.45) is 4.38. The molecule has 4 N–H and O–H groups in total. The van der Waals surface area contributed by atoms with Gasteiger partial charge in [-0.2, -0.15) is 0 Å². The molecule has 0 saturated carbocycles. The molecular formula is C22H36N2O2. The van der Waals surface area contributed by atoms with Gasteiger partial charge in [0, 0.05) is 0 Å². The molecular weight excluding hydrogens is 324 g/mol. The van der Waals surface area contributed by atoms with Crippen molar-refractivity contribution < 1.29 is 8.83 Å². The highest BCUT2D eigenvalue weighted by molar-refractivity contribution is 5.27. The third-order valence-corrected chi connectivity index (χ3v) is 5.57. The SMILES string of the molecule is CCC(C)(Cc1cc(C(N)CC(C)(C)C)oc1C)[C@@H](N)c1occc1C. The van der Waals surface area contributed by atoms with Gasteiger partial charge < -0.3 is 20.3 Å². The first-order valence-corrected chi connectivity index (χ1v) is 9.61. The van der Waals surface area contributed by atoms with Crippen LogP contribution in [0.3, 0.4) is 0 Å². The van der Waals surface area contributed by atoms with Crippen LogP contribution in [-0.4, -0.2) is 0 Å². The molecule has 0 aromatic carbocycles. The minimum atomic E-state index is -0.163. The highest BCUT2D eigenvalue weighted by Crippen LogP contribution is 2.41. The van der Waals surface area contributed by atoms with Crippen molar-refractivity contribution in [3.05, 3.63) is 46.8 Å². The lowest BCUT2D eigenvalue weighted by atomic mass is 9.73. The van der Waals surface area contributed by atoms with Crippen LogP contribution in [0.15, 0.2) is 27.2 Å². The van der Waals surface area contributed by atoms with E-state index in [0.29, 0.717) is 0 Å². The average Bonchev–Trinajstić information content (AvgIpc) is 3.11. The van der Waals surface area contributed by atoms with Crippen molar-refractivity contribution in [1.82, 2.24) is 0 Å². The van der Waals surface area contributed by atoms with E-state index in [2.05, 4.69) is 40.7 Å². The zero-order chi connectivity index (χ0) is 19.7. The first-order chi connectivity index (χ1) is 12.0. The number of nitrogens with two attached hydrogens (primary N) is 2. The molecule has 2 rings (SSSR count). The van der Waals surface area contributed by atoms with E-state index in [-0.39, 0.29) is 22.9 Å². The molecule has 3 atom stereocenters. The van der Waals surface area contributed by atoms with Crippen LogP contribution in [0.1, 0.15) is 88.0 Å². The summed E-state index contributed by atoms with van der Waals surface area (Å²) in [4.78, 5) is 0. The molecule has 2 unspecified atom stereocenters. The molecule has 0 aliphatic carbocycles. The van der Waals surface area contributed by atoms with Crippen molar-refractivity contribution in [1.29, 1.82) is 0 Å². The summed E-state index contributed by atoms with van der Waals surface area (Å²) in [5, 5.41) is 0. The Hall–Kier alpha value is -1.52. The van der Waals surface area contributed by atoms with Crippen molar-refractivity contribution in [3.63, 3.8) is 0 Å². The topological polar surface area (TPSA) is 78.3 Å². The fourth-order valence-corrected chi connectivity index (χ4v) is 3.57. The lowest BCUT2D eigenvalue weighted by molar-refractivity contribution is 0.215. The molecule has 4 heteroatoms. The molecule has 0 spiro atoms. The van der Waals surface area contributed by atoms with Gasteiger partial charge in [0.2, 0.25) is 0 Å². The van der Waals surface area contributed by atoms with Crippen LogP contribution < -0.4 is 11.5 Å². The Kier molecular flexibility index (Phi) is 6.09.